The van der Waals surface area contributed by atoms with Crippen LogP contribution < -0.4 is 41.5 Å². The van der Waals surface area contributed by atoms with Gasteiger partial charge in [-0.2, -0.15) is 0 Å². The Morgan fingerprint density at radius 2 is 1.63 bits per heavy atom. The van der Waals surface area contributed by atoms with Crippen LogP contribution in [0.15, 0.2) is 36.4 Å². The van der Waals surface area contributed by atoms with Crippen LogP contribution in [0.3, 0.4) is 0 Å². The number of hydrogen-bond acceptors (Lipinski definition) is 24. The van der Waals surface area contributed by atoms with Crippen LogP contribution in [-0.4, -0.2) is 167 Å². The van der Waals surface area contributed by atoms with Gasteiger partial charge in [-0.25, -0.2) is 19.3 Å². The van der Waals surface area contributed by atoms with E-state index in [4.69, 9.17) is 48.6 Å². The Balaban J connectivity index is 1.38. The molecule has 3 amide bonds. The molecule has 454 valence electrons. The van der Waals surface area contributed by atoms with Gasteiger partial charge in [0, 0.05) is 49.9 Å². The summed E-state index contributed by atoms with van der Waals surface area (Å²) in [6.07, 6.45) is -4.62. The number of nitrogens with two attached hydrogens (primary N) is 1. The predicted octanol–water partition coefficient (Wildman–Crippen LogP) is 4.58. The molecule has 0 aromatic heterocycles. The van der Waals surface area contributed by atoms with Crippen LogP contribution in [0.25, 0.3) is 0 Å². The Hall–Kier alpha value is -4.77. The molecular formula is C54H74IN5O19S3. The molecule has 24 nitrogen and oxygen atoms in total. The molecule has 0 aliphatic carbocycles. The number of amides is 3. The summed E-state index contributed by atoms with van der Waals surface area (Å²) < 4.78 is 44.3. The van der Waals surface area contributed by atoms with Gasteiger partial charge >= 0.3 is 12.2 Å². The number of halogens is 1. The lowest BCUT2D eigenvalue weighted by atomic mass is 9.97. The third-order valence-corrected chi connectivity index (χ3v) is 18.4. The summed E-state index contributed by atoms with van der Waals surface area (Å²) in [5.41, 5.74) is 7.35. The van der Waals surface area contributed by atoms with Crippen molar-refractivity contribution < 1.29 is 92.0 Å². The summed E-state index contributed by atoms with van der Waals surface area (Å²) in [5.74, 6) is 8.15. The molecule has 0 bridgehead atoms. The third-order valence-electron chi connectivity index (χ3n) is 12.4. The number of nitrogen functional groups attached to an aromatic ring is 1. The highest BCUT2D eigenvalue weighted by atomic mass is 127. The number of aliphatic hydroxyl groups is 4. The molecule has 2 fully saturated rings. The molecule has 0 saturated carbocycles. The first-order valence-electron chi connectivity index (χ1n) is 25.6. The van der Waals surface area contributed by atoms with E-state index in [1.807, 2.05) is 36.4 Å². The van der Waals surface area contributed by atoms with Gasteiger partial charge in [0.15, 0.2) is 35.1 Å². The zero-order valence-corrected chi connectivity index (χ0v) is 52.0. The molecule has 2 saturated heterocycles. The molecule has 28 heteroatoms. The molecule has 2 aromatic rings. The summed E-state index contributed by atoms with van der Waals surface area (Å²) in [4.78, 5) is 74.8. The Morgan fingerprint density at radius 3 is 2.28 bits per heavy atom. The van der Waals surface area contributed by atoms with E-state index in [2.05, 4.69) is 50.0 Å². The number of hydrogen-bond donors (Lipinski definition) is 9. The van der Waals surface area contributed by atoms with Crippen molar-refractivity contribution in [3.63, 3.8) is 0 Å². The fourth-order valence-electron chi connectivity index (χ4n) is 7.81. The number of carbonyl (C=O) groups excluding carboxylic acids is 5. The number of methoxy groups -OCH3 is 4. The maximum atomic E-state index is 14.2. The zero-order valence-electron chi connectivity index (χ0n) is 47.4. The predicted molar refractivity (Wildman–Crippen MR) is 315 cm³/mol. The van der Waals surface area contributed by atoms with Crippen molar-refractivity contribution in [3.8, 4) is 40.9 Å². The van der Waals surface area contributed by atoms with Crippen molar-refractivity contribution in [3.05, 3.63) is 56.7 Å². The van der Waals surface area contributed by atoms with E-state index < -0.39 is 92.8 Å². The molecule has 2 heterocycles. The van der Waals surface area contributed by atoms with Gasteiger partial charge < -0.3 is 80.0 Å². The largest absolute Gasteiger partial charge is 0.492 e. The molecule has 2 aliphatic rings. The lowest BCUT2D eigenvalue weighted by Crippen LogP contribution is -2.64. The maximum absolute atomic E-state index is 14.2. The lowest BCUT2D eigenvalue weighted by molar-refractivity contribution is -0.307. The van der Waals surface area contributed by atoms with Gasteiger partial charge in [-0.3, -0.25) is 14.4 Å². The fourth-order valence-corrected chi connectivity index (χ4v) is 11.9. The van der Waals surface area contributed by atoms with Crippen molar-refractivity contribution in [1.82, 2.24) is 21.6 Å². The first kappa shape index (κ1) is 69.7. The maximum Gasteiger partial charge on any atom is 0.407 e. The van der Waals surface area contributed by atoms with Gasteiger partial charge in [0.05, 0.1) is 60.1 Å². The monoisotopic (exact) mass is 1320 g/mol. The number of alkyl carbamates (subject to hydrolysis) is 2. The summed E-state index contributed by atoms with van der Waals surface area (Å²) in [6, 6.07) is 5.99. The van der Waals surface area contributed by atoms with Crippen molar-refractivity contribution in [2.75, 3.05) is 53.9 Å². The van der Waals surface area contributed by atoms with E-state index in [-0.39, 0.29) is 74.3 Å². The second-order valence-electron chi connectivity index (χ2n) is 19.6. The third kappa shape index (κ3) is 21.4. The standard InChI is InChI=1S/C54H74IN5O19S3/c1-30-41(44(70-8)46(71-9)45(42(30)55)77-54(69)29-75-32(3)43(64)48(54)72-10)49(65)80-47-33(4)76-39(26-36(47)61)78-60-79-40(16-14-12-13-15-22-53(7,68)27-37(62)31(2)59-51(67)73-11)81-82-52(5,6)23-21-38(63)57-24-25-58-50(66)74-28-34-17-19-35(56)20-18-34/h12-13,17-20,31-33,36,39-40,43,47-48,60-61,64,68-69H,21,23-29,56H2,1-11H3,(H,57,63)(H,58,66)(H,59,67)/b13-12-. The first-order chi connectivity index (χ1) is 38.7. The molecule has 10 N–H and O–H groups in total. The van der Waals surface area contributed by atoms with Gasteiger partial charge in [-0.15, -0.1) is 0 Å². The summed E-state index contributed by atoms with van der Waals surface area (Å²) in [6.45, 7) is 11.7. The number of thioether (sulfide) groups is 1. The van der Waals surface area contributed by atoms with Gasteiger partial charge in [-0.1, -0.05) is 64.0 Å². The topological polar surface area (TPSA) is 333 Å². The van der Waals surface area contributed by atoms with Crippen LogP contribution in [0, 0.1) is 34.2 Å². The van der Waals surface area contributed by atoms with E-state index in [9.17, 15) is 44.4 Å². The van der Waals surface area contributed by atoms with Gasteiger partial charge in [-0.05, 0) is 124 Å². The number of anilines is 1. The minimum atomic E-state index is -2.16. The number of rotatable bonds is 26. The number of ketones is 1. The highest BCUT2D eigenvalue weighted by Gasteiger charge is 2.52. The Morgan fingerprint density at radius 1 is 0.963 bits per heavy atom. The van der Waals surface area contributed by atoms with Crippen molar-refractivity contribution in [1.29, 1.82) is 0 Å². The number of carbonyl (C=O) groups is 5. The average Bonchev–Trinajstić information content (AvgIpc) is 2.50. The number of nitrogens with one attached hydrogen (secondary N) is 4. The average molecular weight is 1320 g/mol. The normalized spacial score (nSPS) is 23.0. The molecule has 4 rings (SSSR count). The van der Waals surface area contributed by atoms with Crippen LogP contribution in [0.2, 0.25) is 0 Å². The second-order valence-corrected chi connectivity index (χ2v) is 24.8. The van der Waals surface area contributed by atoms with E-state index in [1.165, 1.54) is 68.9 Å². The smallest absolute Gasteiger partial charge is 0.407 e. The lowest BCUT2D eigenvalue weighted by Gasteiger charge is -2.43. The summed E-state index contributed by atoms with van der Waals surface area (Å²) >= 11 is 2.78. The minimum absolute atomic E-state index is 0.00412. The molecule has 2 aromatic carbocycles. The number of benzene rings is 2. The summed E-state index contributed by atoms with van der Waals surface area (Å²) in [7, 11) is 7.74. The highest BCUT2D eigenvalue weighted by Crippen LogP contribution is 2.49. The fraction of sp³-hybridized carbons (Fsp3) is 0.574. The molecule has 11 atom stereocenters. The van der Waals surface area contributed by atoms with E-state index >= 15 is 0 Å². The van der Waals surface area contributed by atoms with Gasteiger partial charge in [0.25, 0.3) is 5.79 Å². The first-order valence-corrected chi connectivity index (χ1v) is 29.8. The Kier molecular flexibility index (Phi) is 28.1. The SMILES string of the molecule is COC(=O)NC(C)C(=O)CC(C)(O)C#C/C=C\C#CC(ONOC1CC(O)C(SC(=O)c2c(C)c(I)c(OC3(O)COC(C)C(O)C3OC)c(OC)c2OC)C(C)O1)SSC(C)(C)CCC(=O)NCCNC(=O)OCc1ccc(N)cc1. The number of aliphatic hydroxyl groups excluding tert-OH is 2. The summed E-state index contributed by atoms with van der Waals surface area (Å²) in [5, 5.41) is 51.0. The molecule has 11 unspecified atom stereocenters. The van der Waals surface area contributed by atoms with E-state index in [0.717, 1.165) is 24.4 Å². The van der Waals surface area contributed by atoms with Crippen molar-refractivity contribution >= 4 is 90.6 Å². The quantitative estimate of drug-likeness (QED) is 0.0118. The van der Waals surface area contributed by atoms with Gasteiger partial charge in [0.1, 0.15) is 24.9 Å². The zero-order chi connectivity index (χ0) is 61.0. The number of ether oxygens (including phenoxy) is 8. The van der Waals surface area contributed by atoms with Crippen LogP contribution in [0.1, 0.15) is 88.7 Å². The highest BCUT2D eigenvalue weighted by molar-refractivity contribution is 14.1. The molecule has 2 aliphatic heterocycles. The van der Waals surface area contributed by atoms with Crippen molar-refractivity contribution in [2.45, 2.75) is 150 Å². The van der Waals surface area contributed by atoms with Crippen LogP contribution in [-0.2, 0) is 49.6 Å². The van der Waals surface area contributed by atoms with Crippen LogP contribution in [0.4, 0.5) is 15.3 Å². The van der Waals surface area contributed by atoms with E-state index in [1.54, 1.807) is 45.0 Å². The van der Waals surface area contributed by atoms with Crippen molar-refractivity contribution in [2.24, 2.45) is 0 Å². The Labute approximate surface area is 503 Å². The number of allylic oxidation sites excluding steroid dienone is 2. The molecular weight excluding hydrogens is 1250 g/mol. The number of Topliss-reactive ketones (excluding diaryl/α,β-unsaturated/α-hetero) is 1. The second kappa shape index (κ2) is 33.1. The van der Waals surface area contributed by atoms with Gasteiger partial charge in [0.2, 0.25) is 16.8 Å². The molecule has 0 radical (unpaired) electrons. The van der Waals surface area contributed by atoms with Crippen LogP contribution >= 0.6 is 55.9 Å². The van der Waals surface area contributed by atoms with Crippen LogP contribution in [0.5, 0.6) is 17.2 Å². The molecule has 0 spiro atoms. The molecule has 82 heavy (non-hydrogen) atoms. The van der Waals surface area contributed by atoms with E-state index in [0.29, 0.717) is 21.2 Å². The minimum Gasteiger partial charge on any atom is -0.492 e. The Bertz CT molecular complexity index is 2650.